The molecule has 0 spiro atoms. The second kappa shape index (κ2) is 3.10. The van der Waals surface area contributed by atoms with E-state index in [1.54, 1.807) is 0 Å². The molecule has 0 bridgehead atoms. The largest absolute Gasteiger partial charge is 0.439 e. The molecule has 0 unspecified atom stereocenters. The average Bonchev–Trinajstić information content (AvgIpc) is 2.48. The van der Waals surface area contributed by atoms with Gasteiger partial charge in [0.2, 0.25) is 0 Å². The van der Waals surface area contributed by atoms with Crippen molar-refractivity contribution in [3.05, 3.63) is 30.1 Å². The van der Waals surface area contributed by atoms with Crippen LogP contribution in [0.5, 0.6) is 0 Å². The summed E-state index contributed by atoms with van der Waals surface area (Å²) in [6, 6.07) is 5.54. The standard InChI is InChI=1S/C9H6FNO3/c10-6-3-1-2-4-7(6)11-8(12)5-14-9(11)13/h1-4H,5H2. The number of halogens is 1. The summed E-state index contributed by atoms with van der Waals surface area (Å²) < 4.78 is 17.6. The molecule has 1 aromatic carbocycles. The van der Waals surface area contributed by atoms with Crippen LogP contribution >= 0.6 is 0 Å². The highest BCUT2D eigenvalue weighted by Gasteiger charge is 2.33. The molecule has 0 aliphatic carbocycles. The highest BCUT2D eigenvalue weighted by atomic mass is 19.1. The van der Waals surface area contributed by atoms with Crippen molar-refractivity contribution >= 4 is 17.7 Å². The Morgan fingerprint density at radius 3 is 2.57 bits per heavy atom. The minimum atomic E-state index is -0.833. The molecule has 1 aliphatic rings. The fraction of sp³-hybridized carbons (Fsp3) is 0.111. The van der Waals surface area contributed by atoms with Crippen LogP contribution < -0.4 is 4.90 Å². The number of nitrogens with zero attached hydrogens (tertiary/aromatic N) is 1. The molecule has 2 rings (SSSR count). The molecular weight excluding hydrogens is 189 g/mol. The number of ether oxygens (including phenoxy) is 1. The van der Waals surface area contributed by atoms with Crippen LogP contribution in [-0.2, 0) is 9.53 Å². The second-order valence-corrected chi connectivity index (χ2v) is 2.74. The first-order valence-corrected chi connectivity index (χ1v) is 3.94. The highest BCUT2D eigenvalue weighted by molar-refractivity contribution is 6.16. The molecule has 0 radical (unpaired) electrons. The number of rotatable bonds is 1. The summed E-state index contributed by atoms with van der Waals surface area (Å²) in [7, 11) is 0. The van der Waals surface area contributed by atoms with E-state index in [4.69, 9.17) is 0 Å². The van der Waals surface area contributed by atoms with Crippen LogP contribution in [0.2, 0.25) is 0 Å². The van der Waals surface area contributed by atoms with Crippen molar-refractivity contribution in [2.45, 2.75) is 0 Å². The smallest absolute Gasteiger partial charge is 0.421 e. The maximum Gasteiger partial charge on any atom is 0.421 e. The van der Waals surface area contributed by atoms with E-state index in [2.05, 4.69) is 4.74 Å². The van der Waals surface area contributed by atoms with Gasteiger partial charge in [0.15, 0.2) is 6.61 Å². The quantitative estimate of drug-likeness (QED) is 0.678. The van der Waals surface area contributed by atoms with Gasteiger partial charge >= 0.3 is 6.09 Å². The summed E-state index contributed by atoms with van der Waals surface area (Å²) in [5.74, 6) is -1.18. The number of cyclic esters (lactones) is 1. The number of carbonyl (C=O) groups is 2. The van der Waals surface area contributed by atoms with E-state index in [0.717, 1.165) is 0 Å². The third-order valence-corrected chi connectivity index (χ3v) is 1.84. The SMILES string of the molecule is O=C1COC(=O)N1c1ccccc1F. The molecule has 14 heavy (non-hydrogen) atoms. The van der Waals surface area contributed by atoms with E-state index < -0.39 is 17.8 Å². The van der Waals surface area contributed by atoms with Crippen molar-refractivity contribution < 1.29 is 18.7 Å². The third kappa shape index (κ3) is 1.22. The Bertz CT molecular complexity index is 389. The summed E-state index contributed by atoms with van der Waals surface area (Å²) in [5.41, 5.74) is -0.0694. The normalized spacial score (nSPS) is 15.9. The molecule has 1 aliphatic heterocycles. The number of amides is 2. The van der Waals surface area contributed by atoms with Crippen molar-refractivity contribution in [3.8, 4) is 0 Å². The first kappa shape index (κ1) is 8.68. The lowest BCUT2D eigenvalue weighted by Crippen LogP contribution is -2.29. The summed E-state index contributed by atoms with van der Waals surface area (Å²) >= 11 is 0. The second-order valence-electron chi connectivity index (χ2n) is 2.74. The summed E-state index contributed by atoms with van der Waals surface area (Å²) in [5, 5.41) is 0. The Balaban J connectivity index is 2.44. The molecule has 1 heterocycles. The number of carbonyl (C=O) groups excluding carboxylic acids is 2. The van der Waals surface area contributed by atoms with Crippen molar-refractivity contribution in [2.24, 2.45) is 0 Å². The van der Waals surface area contributed by atoms with Crippen molar-refractivity contribution in [2.75, 3.05) is 11.5 Å². The monoisotopic (exact) mass is 195 g/mol. The van der Waals surface area contributed by atoms with E-state index in [0.29, 0.717) is 4.90 Å². The van der Waals surface area contributed by atoms with Crippen molar-refractivity contribution in [1.82, 2.24) is 0 Å². The molecule has 2 amide bonds. The first-order valence-electron chi connectivity index (χ1n) is 3.94. The van der Waals surface area contributed by atoms with Crippen molar-refractivity contribution in [1.29, 1.82) is 0 Å². The van der Waals surface area contributed by atoms with Gasteiger partial charge in [0, 0.05) is 0 Å². The van der Waals surface area contributed by atoms with Gasteiger partial charge in [0.05, 0.1) is 5.69 Å². The number of benzene rings is 1. The van der Waals surface area contributed by atoms with Gasteiger partial charge in [0.1, 0.15) is 5.82 Å². The molecule has 1 fully saturated rings. The van der Waals surface area contributed by atoms with Gasteiger partial charge in [-0.2, -0.15) is 0 Å². The van der Waals surface area contributed by atoms with Crippen LogP contribution in [0.1, 0.15) is 0 Å². The fourth-order valence-corrected chi connectivity index (χ4v) is 1.22. The summed E-state index contributed by atoms with van der Waals surface area (Å²) in [4.78, 5) is 22.9. The number of hydrogen-bond donors (Lipinski definition) is 0. The van der Waals surface area contributed by atoms with Crippen LogP contribution in [0, 0.1) is 5.82 Å². The maximum atomic E-state index is 13.2. The Labute approximate surface area is 78.9 Å². The molecule has 5 heteroatoms. The maximum absolute atomic E-state index is 13.2. The van der Waals surface area contributed by atoms with Crippen LogP contribution in [0.3, 0.4) is 0 Å². The molecule has 1 saturated heterocycles. The predicted molar refractivity (Wildman–Crippen MR) is 45.2 cm³/mol. The van der Waals surface area contributed by atoms with Crippen LogP contribution in [-0.4, -0.2) is 18.6 Å². The minimum Gasteiger partial charge on any atom is -0.439 e. The number of para-hydroxylation sites is 1. The fourth-order valence-electron chi connectivity index (χ4n) is 1.22. The zero-order valence-electron chi connectivity index (χ0n) is 7.07. The zero-order valence-corrected chi connectivity index (χ0v) is 7.07. The van der Waals surface area contributed by atoms with E-state index in [-0.39, 0.29) is 12.3 Å². The van der Waals surface area contributed by atoms with E-state index in [1.807, 2.05) is 0 Å². The highest BCUT2D eigenvalue weighted by Crippen LogP contribution is 2.22. The zero-order chi connectivity index (χ0) is 10.1. The molecular formula is C9H6FNO3. The van der Waals surface area contributed by atoms with Crippen LogP contribution in [0.15, 0.2) is 24.3 Å². The molecule has 1 aromatic rings. The number of anilines is 1. The van der Waals surface area contributed by atoms with Gasteiger partial charge in [-0.05, 0) is 12.1 Å². The lowest BCUT2D eigenvalue weighted by molar-refractivity contribution is -0.117. The molecule has 4 nitrogen and oxygen atoms in total. The predicted octanol–water partition coefficient (Wildman–Crippen LogP) is 1.31. The topological polar surface area (TPSA) is 46.6 Å². The van der Waals surface area contributed by atoms with Gasteiger partial charge < -0.3 is 4.74 Å². The van der Waals surface area contributed by atoms with Gasteiger partial charge in [-0.15, -0.1) is 0 Å². The Morgan fingerprint density at radius 2 is 2.00 bits per heavy atom. The molecule has 0 atom stereocenters. The number of hydrogen-bond acceptors (Lipinski definition) is 3. The van der Waals surface area contributed by atoms with E-state index in [1.165, 1.54) is 24.3 Å². The van der Waals surface area contributed by atoms with Crippen LogP contribution in [0.4, 0.5) is 14.9 Å². The van der Waals surface area contributed by atoms with Gasteiger partial charge in [-0.1, -0.05) is 12.1 Å². The average molecular weight is 195 g/mol. The van der Waals surface area contributed by atoms with Gasteiger partial charge in [-0.25, -0.2) is 14.1 Å². The minimum absolute atomic E-state index is 0.0694. The molecule has 0 aromatic heterocycles. The molecule has 0 saturated carbocycles. The lowest BCUT2D eigenvalue weighted by atomic mass is 10.3. The third-order valence-electron chi connectivity index (χ3n) is 1.84. The van der Waals surface area contributed by atoms with E-state index >= 15 is 0 Å². The molecule has 0 N–H and O–H groups in total. The number of imide groups is 1. The summed E-state index contributed by atoms with van der Waals surface area (Å²) in [6.45, 7) is -0.326. The lowest BCUT2D eigenvalue weighted by Gasteiger charge is -2.10. The van der Waals surface area contributed by atoms with Crippen molar-refractivity contribution in [3.63, 3.8) is 0 Å². The first-order chi connectivity index (χ1) is 6.70. The molecule has 72 valence electrons. The van der Waals surface area contributed by atoms with Gasteiger partial charge in [-0.3, -0.25) is 4.79 Å². The Hall–Kier alpha value is -1.91. The summed E-state index contributed by atoms with van der Waals surface area (Å²) in [6.07, 6.45) is -0.833. The Kier molecular flexibility index (Phi) is 1.92. The van der Waals surface area contributed by atoms with E-state index in [9.17, 15) is 14.0 Å². The Morgan fingerprint density at radius 1 is 1.29 bits per heavy atom. The van der Waals surface area contributed by atoms with Crippen LogP contribution in [0.25, 0.3) is 0 Å². The van der Waals surface area contributed by atoms with Gasteiger partial charge in [0.25, 0.3) is 5.91 Å².